The van der Waals surface area contributed by atoms with Crippen LogP contribution in [0.15, 0.2) is 59.8 Å². The Morgan fingerprint density at radius 3 is 2.78 bits per heavy atom. The number of thioether (sulfide) groups is 1. The van der Waals surface area contributed by atoms with Gasteiger partial charge in [0.1, 0.15) is 11.0 Å². The van der Waals surface area contributed by atoms with Gasteiger partial charge in [0.05, 0.1) is 13.2 Å². The summed E-state index contributed by atoms with van der Waals surface area (Å²) in [4.78, 5) is 13.1. The molecule has 1 aliphatic rings. The van der Waals surface area contributed by atoms with Crippen LogP contribution in [0.1, 0.15) is 29.7 Å². The smallest absolute Gasteiger partial charge is 0.242 e. The molecule has 7 nitrogen and oxygen atoms in total. The molecule has 1 aliphatic carbocycles. The molecular formula is C19H19N5O2S. The zero-order chi connectivity index (χ0) is 18.6. The predicted octanol–water partition coefficient (Wildman–Crippen LogP) is 3.49. The van der Waals surface area contributed by atoms with Gasteiger partial charge in [-0.3, -0.25) is 4.79 Å². The maximum atomic E-state index is 13.1. The Hall–Kier alpha value is -2.87. The first-order valence-electron chi connectivity index (χ1n) is 8.69. The number of carbonyl (C=O) groups is 1. The molecule has 3 aromatic rings. The van der Waals surface area contributed by atoms with Crippen molar-refractivity contribution in [3.05, 3.63) is 60.2 Å². The number of rotatable bonds is 7. The van der Waals surface area contributed by atoms with E-state index < -0.39 is 5.25 Å². The number of nitrogens with zero attached hydrogens (tertiary/aromatic N) is 4. The fourth-order valence-corrected chi connectivity index (χ4v) is 3.77. The average molecular weight is 381 g/mol. The summed E-state index contributed by atoms with van der Waals surface area (Å²) in [5.41, 5.74) is 1.58. The van der Waals surface area contributed by atoms with Crippen molar-refractivity contribution in [2.24, 2.45) is 0 Å². The molecule has 0 saturated heterocycles. The van der Waals surface area contributed by atoms with Crippen molar-refractivity contribution in [2.45, 2.75) is 29.3 Å². The third kappa shape index (κ3) is 4.11. The fraction of sp³-hybridized carbons (Fsp3) is 0.263. The molecule has 1 aromatic heterocycles. The third-order valence-corrected chi connectivity index (χ3v) is 5.46. The zero-order valence-corrected chi connectivity index (χ0v) is 15.6. The van der Waals surface area contributed by atoms with E-state index in [1.54, 1.807) is 13.2 Å². The maximum absolute atomic E-state index is 13.1. The summed E-state index contributed by atoms with van der Waals surface area (Å²) in [7, 11) is 1.60. The van der Waals surface area contributed by atoms with Crippen LogP contribution in [0.2, 0.25) is 0 Å². The number of carbonyl (C=O) groups excluding carboxylic acids is 1. The van der Waals surface area contributed by atoms with Gasteiger partial charge in [0.25, 0.3) is 0 Å². The van der Waals surface area contributed by atoms with Crippen LogP contribution in [0.5, 0.6) is 5.75 Å². The normalized spacial score (nSPS) is 14.6. The Balaban J connectivity index is 1.59. The number of ether oxygens (including phenoxy) is 1. The lowest BCUT2D eigenvalue weighted by Gasteiger charge is -2.17. The van der Waals surface area contributed by atoms with E-state index >= 15 is 0 Å². The third-order valence-electron chi connectivity index (χ3n) is 4.26. The summed E-state index contributed by atoms with van der Waals surface area (Å²) in [6, 6.07) is 17.3. The molecule has 1 atom stereocenters. The summed E-state index contributed by atoms with van der Waals surface area (Å²) in [5.74, 6) is 0.555. The minimum Gasteiger partial charge on any atom is -0.497 e. The SMILES string of the molecule is COc1cccc(NC(=O)[C@@H](Sc2nnnn2C2CC2)c2ccccc2)c1. The first-order valence-corrected chi connectivity index (χ1v) is 9.57. The van der Waals surface area contributed by atoms with Crippen LogP contribution in [0, 0.1) is 0 Å². The molecule has 2 aromatic carbocycles. The fourth-order valence-electron chi connectivity index (χ4n) is 2.73. The Kier molecular flexibility index (Phi) is 5.06. The van der Waals surface area contributed by atoms with E-state index in [0.717, 1.165) is 18.4 Å². The molecule has 0 radical (unpaired) electrons. The molecule has 1 fully saturated rings. The molecule has 138 valence electrons. The van der Waals surface area contributed by atoms with Gasteiger partial charge in [-0.15, -0.1) is 5.10 Å². The second-order valence-electron chi connectivity index (χ2n) is 6.27. The van der Waals surface area contributed by atoms with Crippen molar-refractivity contribution in [3.63, 3.8) is 0 Å². The number of benzene rings is 2. The van der Waals surface area contributed by atoms with Crippen molar-refractivity contribution in [3.8, 4) is 5.75 Å². The number of aromatic nitrogens is 4. The molecular weight excluding hydrogens is 362 g/mol. The molecule has 4 rings (SSSR count). The first kappa shape index (κ1) is 17.5. The Labute approximate surface area is 161 Å². The van der Waals surface area contributed by atoms with Gasteiger partial charge in [0.15, 0.2) is 0 Å². The second-order valence-corrected chi connectivity index (χ2v) is 7.34. The molecule has 0 unspecified atom stereocenters. The van der Waals surface area contributed by atoms with Crippen molar-refractivity contribution in [1.82, 2.24) is 20.2 Å². The standard InChI is InChI=1S/C19H19N5O2S/c1-26-16-9-5-8-14(12-16)20-18(25)17(13-6-3-2-4-7-13)27-19-21-22-23-24(19)15-10-11-15/h2-9,12,15,17H,10-11H2,1H3,(H,20,25)/t17-/m0/s1. The number of nitrogens with one attached hydrogen (secondary N) is 1. The molecule has 1 saturated carbocycles. The Bertz CT molecular complexity index is 927. The van der Waals surface area contributed by atoms with Gasteiger partial charge in [-0.05, 0) is 41.0 Å². The summed E-state index contributed by atoms with van der Waals surface area (Å²) in [5, 5.41) is 15.2. The number of hydrogen-bond acceptors (Lipinski definition) is 6. The Morgan fingerprint density at radius 1 is 1.22 bits per heavy atom. The van der Waals surface area contributed by atoms with Crippen LogP contribution in [-0.2, 0) is 4.79 Å². The molecule has 27 heavy (non-hydrogen) atoms. The monoisotopic (exact) mass is 381 g/mol. The van der Waals surface area contributed by atoms with E-state index in [4.69, 9.17) is 4.74 Å². The van der Waals surface area contributed by atoms with Gasteiger partial charge in [0, 0.05) is 11.8 Å². The zero-order valence-electron chi connectivity index (χ0n) is 14.8. The van der Waals surface area contributed by atoms with Crippen LogP contribution in [0.25, 0.3) is 0 Å². The Morgan fingerprint density at radius 2 is 2.04 bits per heavy atom. The van der Waals surface area contributed by atoms with Crippen LogP contribution < -0.4 is 10.1 Å². The summed E-state index contributed by atoms with van der Waals surface area (Å²) in [6.07, 6.45) is 2.15. The van der Waals surface area contributed by atoms with Crippen LogP contribution >= 0.6 is 11.8 Å². The van der Waals surface area contributed by atoms with E-state index in [0.29, 0.717) is 22.6 Å². The van der Waals surface area contributed by atoms with Gasteiger partial charge in [-0.1, -0.05) is 48.2 Å². The van der Waals surface area contributed by atoms with Crippen molar-refractivity contribution >= 4 is 23.4 Å². The first-order chi connectivity index (χ1) is 13.2. The lowest BCUT2D eigenvalue weighted by Crippen LogP contribution is -2.19. The summed E-state index contributed by atoms with van der Waals surface area (Å²) < 4.78 is 7.05. The van der Waals surface area contributed by atoms with E-state index in [1.807, 2.05) is 53.2 Å². The van der Waals surface area contributed by atoms with Gasteiger partial charge < -0.3 is 10.1 Å². The molecule has 1 N–H and O–H groups in total. The number of amides is 1. The molecule has 0 spiro atoms. The van der Waals surface area contributed by atoms with Crippen LogP contribution in [-0.4, -0.2) is 33.2 Å². The summed E-state index contributed by atoms with van der Waals surface area (Å²) >= 11 is 1.36. The van der Waals surface area contributed by atoms with E-state index in [1.165, 1.54) is 11.8 Å². The average Bonchev–Trinajstić information content (AvgIpc) is 3.45. The number of tetrazole rings is 1. The van der Waals surface area contributed by atoms with E-state index in [-0.39, 0.29) is 5.91 Å². The highest BCUT2D eigenvalue weighted by molar-refractivity contribution is 8.00. The van der Waals surface area contributed by atoms with E-state index in [2.05, 4.69) is 20.8 Å². The van der Waals surface area contributed by atoms with E-state index in [9.17, 15) is 4.79 Å². The molecule has 1 amide bonds. The van der Waals surface area contributed by atoms with Crippen LogP contribution in [0.4, 0.5) is 5.69 Å². The number of hydrogen-bond donors (Lipinski definition) is 1. The molecule has 1 heterocycles. The second kappa shape index (κ2) is 7.79. The van der Waals surface area contributed by atoms with Crippen molar-refractivity contribution < 1.29 is 9.53 Å². The highest BCUT2D eigenvalue weighted by atomic mass is 32.2. The lowest BCUT2D eigenvalue weighted by atomic mass is 10.1. The van der Waals surface area contributed by atoms with Crippen molar-refractivity contribution in [2.75, 3.05) is 12.4 Å². The largest absolute Gasteiger partial charge is 0.497 e. The topological polar surface area (TPSA) is 81.9 Å². The predicted molar refractivity (Wildman–Crippen MR) is 103 cm³/mol. The highest BCUT2D eigenvalue weighted by Crippen LogP contribution is 2.40. The number of methoxy groups -OCH3 is 1. The highest BCUT2D eigenvalue weighted by Gasteiger charge is 2.31. The molecule has 8 heteroatoms. The summed E-state index contributed by atoms with van der Waals surface area (Å²) in [6.45, 7) is 0. The van der Waals surface area contributed by atoms with Gasteiger partial charge in [0.2, 0.25) is 11.1 Å². The minimum atomic E-state index is -0.471. The number of anilines is 1. The molecule has 0 aliphatic heterocycles. The lowest BCUT2D eigenvalue weighted by molar-refractivity contribution is -0.115. The van der Waals surface area contributed by atoms with Gasteiger partial charge in [-0.2, -0.15) is 0 Å². The van der Waals surface area contributed by atoms with Gasteiger partial charge in [-0.25, -0.2) is 4.68 Å². The quantitative estimate of drug-likeness (QED) is 0.631. The maximum Gasteiger partial charge on any atom is 0.242 e. The van der Waals surface area contributed by atoms with Crippen molar-refractivity contribution in [1.29, 1.82) is 0 Å². The molecule has 0 bridgehead atoms. The minimum absolute atomic E-state index is 0.134. The van der Waals surface area contributed by atoms with Crippen LogP contribution in [0.3, 0.4) is 0 Å². The van der Waals surface area contributed by atoms with Gasteiger partial charge >= 0.3 is 0 Å².